The Morgan fingerprint density at radius 2 is 1.75 bits per heavy atom. The quantitative estimate of drug-likeness (QED) is 0.840. The van der Waals surface area contributed by atoms with Crippen molar-refractivity contribution in [1.82, 2.24) is 5.32 Å². The first-order valence-corrected chi connectivity index (χ1v) is 8.43. The van der Waals surface area contributed by atoms with Crippen LogP contribution in [0.4, 0.5) is 0 Å². The zero-order valence-corrected chi connectivity index (χ0v) is 13.7. The molecule has 0 aromatic heterocycles. The Morgan fingerprint density at radius 3 is 2.45 bits per heavy atom. The van der Waals surface area contributed by atoms with Crippen molar-refractivity contribution in [2.75, 3.05) is 20.8 Å². The highest BCUT2D eigenvalue weighted by Crippen LogP contribution is 2.31. The van der Waals surface area contributed by atoms with Crippen LogP contribution in [0.15, 0.2) is 0 Å². The minimum absolute atomic E-state index is 0.408. The van der Waals surface area contributed by atoms with Crippen LogP contribution in [0.5, 0.6) is 0 Å². The minimum Gasteiger partial charge on any atom is -0.381 e. The van der Waals surface area contributed by atoms with Crippen molar-refractivity contribution in [2.24, 2.45) is 17.8 Å². The molecule has 0 aliphatic heterocycles. The first kappa shape index (κ1) is 16.3. The lowest BCUT2D eigenvalue weighted by molar-refractivity contribution is -0.0349. The number of hydrogen-bond donors (Lipinski definition) is 1. The molecule has 2 aliphatic carbocycles. The van der Waals surface area contributed by atoms with E-state index in [1.807, 2.05) is 14.2 Å². The predicted molar refractivity (Wildman–Crippen MR) is 82.9 cm³/mol. The van der Waals surface area contributed by atoms with Crippen LogP contribution in [-0.2, 0) is 9.47 Å². The van der Waals surface area contributed by atoms with Gasteiger partial charge in [0.25, 0.3) is 0 Å². The van der Waals surface area contributed by atoms with Crippen LogP contribution in [0.25, 0.3) is 0 Å². The van der Waals surface area contributed by atoms with Crippen molar-refractivity contribution in [3.8, 4) is 0 Å². The molecule has 0 radical (unpaired) electrons. The second kappa shape index (κ2) is 7.77. The van der Waals surface area contributed by atoms with E-state index in [1.165, 1.54) is 19.3 Å². The highest BCUT2D eigenvalue weighted by atomic mass is 16.5. The molecule has 2 aliphatic rings. The Kier molecular flexibility index (Phi) is 6.31. The third-order valence-corrected chi connectivity index (χ3v) is 5.60. The molecule has 0 spiro atoms. The molecule has 2 rings (SSSR count). The molecule has 0 aromatic carbocycles. The van der Waals surface area contributed by atoms with Gasteiger partial charge in [-0.05, 0) is 49.9 Å². The van der Waals surface area contributed by atoms with Crippen LogP contribution in [0.3, 0.4) is 0 Å². The monoisotopic (exact) mass is 283 g/mol. The average molecular weight is 283 g/mol. The smallest absolute Gasteiger partial charge is 0.0613 e. The molecule has 6 unspecified atom stereocenters. The zero-order chi connectivity index (χ0) is 14.5. The molecule has 1 N–H and O–H groups in total. The lowest BCUT2D eigenvalue weighted by Crippen LogP contribution is -2.46. The van der Waals surface area contributed by atoms with Gasteiger partial charge in [-0.3, -0.25) is 0 Å². The van der Waals surface area contributed by atoms with Crippen LogP contribution < -0.4 is 5.32 Å². The molecule has 0 heterocycles. The predicted octanol–water partition coefficient (Wildman–Crippen LogP) is 3.23. The van der Waals surface area contributed by atoms with Gasteiger partial charge in [0.15, 0.2) is 0 Å². The van der Waals surface area contributed by atoms with E-state index in [-0.39, 0.29) is 0 Å². The summed E-state index contributed by atoms with van der Waals surface area (Å²) in [4.78, 5) is 0. The summed E-state index contributed by atoms with van der Waals surface area (Å²) in [5.41, 5.74) is 0. The third kappa shape index (κ3) is 4.19. The second-order valence-corrected chi connectivity index (χ2v) is 7.12. The molecular weight excluding hydrogens is 250 g/mol. The molecule has 20 heavy (non-hydrogen) atoms. The summed E-state index contributed by atoms with van der Waals surface area (Å²) in [6.45, 7) is 5.87. The van der Waals surface area contributed by atoms with Gasteiger partial charge in [-0.15, -0.1) is 0 Å². The van der Waals surface area contributed by atoms with Gasteiger partial charge >= 0.3 is 0 Å². The third-order valence-electron chi connectivity index (χ3n) is 5.60. The molecule has 2 saturated carbocycles. The topological polar surface area (TPSA) is 30.5 Å². The van der Waals surface area contributed by atoms with Crippen molar-refractivity contribution in [1.29, 1.82) is 0 Å². The summed E-state index contributed by atoms with van der Waals surface area (Å²) in [5, 5.41) is 3.84. The van der Waals surface area contributed by atoms with Gasteiger partial charge in [0.1, 0.15) is 0 Å². The highest BCUT2D eigenvalue weighted by molar-refractivity contribution is 4.86. The first-order valence-electron chi connectivity index (χ1n) is 8.43. The number of nitrogens with one attached hydrogen (secondary N) is 1. The van der Waals surface area contributed by atoms with Gasteiger partial charge in [-0.25, -0.2) is 0 Å². The minimum atomic E-state index is 0.408. The van der Waals surface area contributed by atoms with Crippen molar-refractivity contribution >= 4 is 0 Å². The van der Waals surface area contributed by atoms with Gasteiger partial charge in [-0.1, -0.05) is 20.3 Å². The van der Waals surface area contributed by atoms with Crippen molar-refractivity contribution < 1.29 is 9.47 Å². The molecule has 0 aromatic rings. The summed E-state index contributed by atoms with van der Waals surface area (Å²) < 4.78 is 11.2. The summed E-state index contributed by atoms with van der Waals surface area (Å²) >= 11 is 0. The molecule has 0 amide bonds. The fourth-order valence-corrected chi connectivity index (χ4v) is 4.05. The molecule has 6 atom stereocenters. The van der Waals surface area contributed by atoms with E-state index in [4.69, 9.17) is 9.47 Å². The largest absolute Gasteiger partial charge is 0.381 e. The molecular formula is C17H33NO2. The van der Waals surface area contributed by atoms with E-state index in [0.717, 1.165) is 37.6 Å². The van der Waals surface area contributed by atoms with E-state index >= 15 is 0 Å². The Hall–Kier alpha value is -0.120. The maximum absolute atomic E-state index is 5.69. The Bertz CT molecular complexity index is 284. The normalized spacial score (nSPS) is 42.6. The number of rotatable bonds is 5. The van der Waals surface area contributed by atoms with Gasteiger partial charge < -0.3 is 14.8 Å². The molecule has 3 nitrogen and oxygen atoms in total. The highest BCUT2D eigenvalue weighted by Gasteiger charge is 2.32. The summed E-state index contributed by atoms with van der Waals surface area (Å²) in [5.74, 6) is 2.29. The fraction of sp³-hybridized carbons (Fsp3) is 1.00. The van der Waals surface area contributed by atoms with Crippen LogP contribution in [-0.4, -0.2) is 39.0 Å². The SMILES string of the molecule is COC1CCC(OC)C(CNC2CC(C)CCC2C)C1. The molecule has 0 bridgehead atoms. The van der Waals surface area contributed by atoms with Gasteiger partial charge in [0.2, 0.25) is 0 Å². The maximum atomic E-state index is 5.69. The summed E-state index contributed by atoms with van der Waals surface area (Å²) in [7, 11) is 3.70. The van der Waals surface area contributed by atoms with Gasteiger partial charge in [-0.2, -0.15) is 0 Å². The van der Waals surface area contributed by atoms with Crippen molar-refractivity contribution in [3.05, 3.63) is 0 Å². The average Bonchev–Trinajstić information content (AvgIpc) is 2.47. The lowest BCUT2D eigenvalue weighted by atomic mass is 9.79. The number of methoxy groups -OCH3 is 2. The van der Waals surface area contributed by atoms with Crippen molar-refractivity contribution in [2.45, 2.75) is 70.6 Å². The second-order valence-electron chi connectivity index (χ2n) is 7.12. The van der Waals surface area contributed by atoms with Crippen LogP contribution in [0.2, 0.25) is 0 Å². The fourth-order valence-electron chi connectivity index (χ4n) is 4.05. The van der Waals surface area contributed by atoms with E-state index in [0.29, 0.717) is 24.2 Å². The Morgan fingerprint density at radius 1 is 0.950 bits per heavy atom. The van der Waals surface area contributed by atoms with E-state index in [9.17, 15) is 0 Å². The Balaban J connectivity index is 1.83. The number of ether oxygens (including phenoxy) is 2. The molecule has 118 valence electrons. The zero-order valence-electron chi connectivity index (χ0n) is 13.7. The number of hydrogen-bond acceptors (Lipinski definition) is 3. The van der Waals surface area contributed by atoms with Crippen LogP contribution in [0.1, 0.15) is 52.4 Å². The molecule has 0 saturated heterocycles. The maximum Gasteiger partial charge on any atom is 0.0613 e. The molecule has 3 heteroatoms. The van der Waals surface area contributed by atoms with E-state index < -0.39 is 0 Å². The van der Waals surface area contributed by atoms with E-state index in [1.54, 1.807) is 0 Å². The Labute approximate surface area is 124 Å². The van der Waals surface area contributed by atoms with Gasteiger partial charge in [0, 0.05) is 26.8 Å². The van der Waals surface area contributed by atoms with Crippen LogP contribution in [0, 0.1) is 17.8 Å². The van der Waals surface area contributed by atoms with Crippen LogP contribution >= 0.6 is 0 Å². The standard InChI is InChI=1S/C17H33NO2/c1-12-5-6-13(2)16(9-12)18-11-14-10-15(19-3)7-8-17(14)20-4/h12-18H,5-11H2,1-4H3. The summed E-state index contributed by atoms with van der Waals surface area (Å²) in [6, 6.07) is 0.694. The molecule has 2 fully saturated rings. The van der Waals surface area contributed by atoms with Gasteiger partial charge in [0.05, 0.1) is 12.2 Å². The van der Waals surface area contributed by atoms with Crippen molar-refractivity contribution in [3.63, 3.8) is 0 Å². The van der Waals surface area contributed by atoms with E-state index in [2.05, 4.69) is 19.2 Å². The first-order chi connectivity index (χ1) is 9.63. The lowest BCUT2D eigenvalue weighted by Gasteiger charge is -2.38. The summed E-state index contributed by atoms with van der Waals surface area (Å²) in [6.07, 6.45) is 8.35.